The second-order valence-corrected chi connectivity index (χ2v) is 3.24. The summed E-state index contributed by atoms with van der Waals surface area (Å²) in [5.41, 5.74) is 2.92. The number of hydrogen-bond acceptors (Lipinski definition) is 1. The van der Waals surface area contributed by atoms with Gasteiger partial charge in [0.2, 0.25) is 0 Å². The fourth-order valence-electron chi connectivity index (χ4n) is 1.85. The maximum absolute atomic E-state index is 3.48. The van der Waals surface area contributed by atoms with E-state index in [1.165, 1.54) is 11.1 Å². The van der Waals surface area contributed by atoms with E-state index in [0.29, 0.717) is 12.1 Å². The van der Waals surface area contributed by atoms with Gasteiger partial charge in [-0.1, -0.05) is 24.3 Å². The summed E-state index contributed by atoms with van der Waals surface area (Å²) in [5.74, 6) is 0. The molecule has 0 bridgehead atoms. The Labute approximate surface area is 79.6 Å². The number of rotatable bonds is 0. The first kappa shape index (κ1) is 9.56. The molecule has 12 heavy (non-hydrogen) atoms. The topological polar surface area (TPSA) is 12.0 Å². The van der Waals surface area contributed by atoms with E-state index in [4.69, 9.17) is 0 Å². The van der Waals surface area contributed by atoms with Crippen molar-refractivity contribution in [1.29, 1.82) is 0 Å². The second kappa shape index (κ2) is 3.46. The van der Waals surface area contributed by atoms with Crippen molar-refractivity contribution in [2.45, 2.75) is 25.9 Å². The molecule has 2 heteroatoms. The minimum Gasteiger partial charge on any atom is -0.304 e. The fourth-order valence-corrected chi connectivity index (χ4v) is 1.85. The lowest BCUT2D eigenvalue weighted by Gasteiger charge is -2.04. The van der Waals surface area contributed by atoms with Gasteiger partial charge in [0.1, 0.15) is 0 Å². The molecule has 66 valence electrons. The molecule has 0 radical (unpaired) electrons. The largest absolute Gasteiger partial charge is 0.304 e. The first-order chi connectivity index (χ1) is 5.29. The molecule has 0 spiro atoms. The number of halogens is 1. The molecule has 2 atom stereocenters. The Kier molecular flexibility index (Phi) is 2.76. The molecule has 1 aromatic rings. The zero-order chi connectivity index (χ0) is 7.84. The van der Waals surface area contributed by atoms with Gasteiger partial charge in [0, 0.05) is 12.1 Å². The van der Waals surface area contributed by atoms with Gasteiger partial charge in [0.05, 0.1) is 0 Å². The Hall–Kier alpha value is -0.530. The summed E-state index contributed by atoms with van der Waals surface area (Å²) >= 11 is 0. The first-order valence-corrected chi connectivity index (χ1v) is 4.14. The summed E-state index contributed by atoms with van der Waals surface area (Å²) in [6.45, 7) is 4.42. The van der Waals surface area contributed by atoms with E-state index in [0.717, 1.165) is 0 Å². The fraction of sp³-hybridized carbons (Fsp3) is 0.400. The smallest absolute Gasteiger partial charge is 0.0300 e. The van der Waals surface area contributed by atoms with Crippen LogP contribution in [0.2, 0.25) is 0 Å². The Bertz CT molecular complexity index is 245. The molecule has 1 nitrogen and oxygen atoms in total. The Balaban J connectivity index is 0.000000720. The minimum atomic E-state index is 0. The van der Waals surface area contributed by atoms with E-state index < -0.39 is 0 Å². The van der Waals surface area contributed by atoms with E-state index in [1.54, 1.807) is 0 Å². The van der Waals surface area contributed by atoms with Gasteiger partial charge in [-0.15, -0.1) is 12.4 Å². The predicted molar refractivity (Wildman–Crippen MR) is 53.7 cm³/mol. The highest BCUT2D eigenvalue weighted by molar-refractivity contribution is 5.85. The maximum Gasteiger partial charge on any atom is 0.0300 e. The van der Waals surface area contributed by atoms with Gasteiger partial charge in [-0.25, -0.2) is 0 Å². The zero-order valence-electron chi connectivity index (χ0n) is 7.37. The maximum atomic E-state index is 3.48. The molecule has 0 aliphatic carbocycles. The van der Waals surface area contributed by atoms with E-state index in [-0.39, 0.29) is 12.4 Å². The molecule has 1 aliphatic heterocycles. The Morgan fingerprint density at radius 1 is 1.00 bits per heavy atom. The van der Waals surface area contributed by atoms with E-state index in [1.807, 2.05) is 0 Å². The molecule has 0 fully saturated rings. The van der Waals surface area contributed by atoms with Crippen LogP contribution in [0.5, 0.6) is 0 Å². The normalized spacial score (nSPS) is 26.2. The summed E-state index contributed by atoms with van der Waals surface area (Å²) in [6.07, 6.45) is 0. The third-order valence-corrected chi connectivity index (χ3v) is 2.43. The van der Waals surface area contributed by atoms with Crippen molar-refractivity contribution in [3.63, 3.8) is 0 Å². The third-order valence-electron chi connectivity index (χ3n) is 2.43. The van der Waals surface area contributed by atoms with Gasteiger partial charge < -0.3 is 5.32 Å². The first-order valence-electron chi connectivity index (χ1n) is 4.14. The standard InChI is InChI=1S/C10H13N.ClH/c1-7-9-5-3-4-6-10(9)8(2)11-7;/h3-8,11H,1-2H3;1H. The molecule has 2 unspecified atom stereocenters. The van der Waals surface area contributed by atoms with Gasteiger partial charge in [-0.05, 0) is 25.0 Å². The molecular weight excluding hydrogens is 170 g/mol. The predicted octanol–water partition coefficient (Wildman–Crippen LogP) is 2.83. The summed E-state index contributed by atoms with van der Waals surface area (Å²) in [7, 11) is 0. The quantitative estimate of drug-likeness (QED) is 0.653. The van der Waals surface area contributed by atoms with Crippen LogP contribution in [-0.2, 0) is 0 Å². The Morgan fingerprint density at radius 3 is 1.83 bits per heavy atom. The summed E-state index contributed by atoms with van der Waals surface area (Å²) in [5, 5.41) is 3.48. The monoisotopic (exact) mass is 183 g/mol. The SMILES string of the molecule is CC1NC(C)c2ccccc21.Cl. The molecule has 1 N–H and O–H groups in total. The lowest BCUT2D eigenvalue weighted by Crippen LogP contribution is -2.11. The van der Waals surface area contributed by atoms with Crippen molar-refractivity contribution in [2.75, 3.05) is 0 Å². The van der Waals surface area contributed by atoms with Crippen LogP contribution in [0, 0.1) is 0 Å². The van der Waals surface area contributed by atoms with Crippen molar-refractivity contribution in [3.8, 4) is 0 Å². The lowest BCUT2D eigenvalue weighted by molar-refractivity contribution is 0.553. The van der Waals surface area contributed by atoms with Crippen LogP contribution in [-0.4, -0.2) is 0 Å². The van der Waals surface area contributed by atoms with Crippen molar-refractivity contribution in [2.24, 2.45) is 0 Å². The average Bonchev–Trinajstić information content (AvgIpc) is 2.30. The Morgan fingerprint density at radius 2 is 1.42 bits per heavy atom. The highest BCUT2D eigenvalue weighted by atomic mass is 35.5. The number of hydrogen-bond donors (Lipinski definition) is 1. The molecule has 1 aliphatic rings. The zero-order valence-corrected chi connectivity index (χ0v) is 8.19. The van der Waals surface area contributed by atoms with Gasteiger partial charge in [0.25, 0.3) is 0 Å². The molecule has 0 amide bonds. The van der Waals surface area contributed by atoms with Gasteiger partial charge in [-0.3, -0.25) is 0 Å². The van der Waals surface area contributed by atoms with Crippen molar-refractivity contribution >= 4 is 12.4 Å². The number of benzene rings is 1. The van der Waals surface area contributed by atoms with Crippen LogP contribution < -0.4 is 5.32 Å². The molecule has 0 aromatic heterocycles. The summed E-state index contributed by atoms with van der Waals surface area (Å²) in [4.78, 5) is 0. The van der Waals surface area contributed by atoms with Gasteiger partial charge in [-0.2, -0.15) is 0 Å². The highest BCUT2D eigenvalue weighted by Crippen LogP contribution is 2.31. The lowest BCUT2D eigenvalue weighted by atomic mass is 10.0. The molecule has 1 aromatic carbocycles. The number of nitrogens with one attached hydrogen (secondary N) is 1. The highest BCUT2D eigenvalue weighted by Gasteiger charge is 2.22. The van der Waals surface area contributed by atoms with Crippen LogP contribution in [0.1, 0.15) is 37.1 Å². The van der Waals surface area contributed by atoms with E-state index >= 15 is 0 Å². The third kappa shape index (κ3) is 1.35. The second-order valence-electron chi connectivity index (χ2n) is 3.24. The van der Waals surface area contributed by atoms with Crippen molar-refractivity contribution in [3.05, 3.63) is 35.4 Å². The minimum absolute atomic E-state index is 0. The van der Waals surface area contributed by atoms with Crippen LogP contribution >= 0.6 is 12.4 Å². The molecule has 0 saturated heterocycles. The van der Waals surface area contributed by atoms with Crippen molar-refractivity contribution < 1.29 is 0 Å². The summed E-state index contributed by atoms with van der Waals surface area (Å²) in [6, 6.07) is 9.68. The van der Waals surface area contributed by atoms with Crippen LogP contribution in [0.4, 0.5) is 0 Å². The van der Waals surface area contributed by atoms with Gasteiger partial charge >= 0.3 is 0 Å². The van der Waals surface area contributed by atoms with Crippen LogP contribution in [0.15, 0.2) is 24.3 Å². The van der Waals surface area contributed by atoms with E-state index in [2.05, 4.69) is 43.4 Å². The van der Waals surface area contributed by atoms with E-state index in [9.17, 15) is 0 Å². The molecular formula is C10H14ClN. The molecule has 2 rings (SSSR count). The number of fused-ring (bicyclic) bond motifs is 1. The molecule has 0 saturated carbocycles. The molecule has 1 heterocycles. The van der Waals surface area contributed by atoms with Crippen molar-refractivity contribution in [1.82, 2.24) is 5.32 Å². The average molecular weight is 184 g/mol. The summed E-state index contributed by atoms with van der Waals surface area (Å²) < 4.78 is 0. The van der Waals surface area contributed by atoms with Crippen LogP contribution in [0.3, 0.4) is 0 Å². The van der Waals surface area contributed by atoms with Gasteiger partial charge in [0.15, 0.2) is 0 Å². The van der Waals surface area contributed by atoms with Crippen LogP contribution in [0.25, 0.3) is 0 Å².